The second-order valence-corrected chi connectivity index (χ2v) is 17.2. The Labute approximate surface area is 368 Å². The molecular weight excluding hydrogens is 757 g/mol. The van der Waals surface area contributed by atoms with Crippen LogP contribution in [0.1, 0.15) is 47.1 Å². The summed E-state index contributed by atoms with van der Waals surface area (Å²) in [6.45, 7) is 5.06. The zero-order valence-corrected chi connectivity index (χ0v) is 34.9. The number of anilines is 3. The summed E-state index contributed by atoms with van der Waals surface area (Å²) in [6, 6.07) is 53.8. The highest BCUT2D eigenvalue weighted by Gasteiger charge is 2.37. The molecule has 0 radical (unpaired) electrons. The summed E-state index contributed by atoms with van der Waals surface area (Å²) in [5.74, 6) is 7.85. The van der Waals surface area contributed by atoms with Crippen molar-refractivity contribution in [2.75, 3.05) is 16.5 Å². The van der Waals surface area contributed by atoms with Gasteiger partial charge in [0.1, 0.15) is 29.8 Å². The van der Waals surface area contributed by atoms with Crippen LogP contribution in [0.25, 0.3) is 38.8 Å². The molecule has 0 aliphatic carbocycles. The molecule has 0 spiro atoms. The first-order valence-electron chi connectivity index (χ1n) is 22.7. The van der Waals surface area contributed by atoms with Crippen molar-refractivity contribution in [1.82, 2.24) is 14.4 Å². The quantitative estimate of drug-likeness (QED) is 0.150. The summed E-state index contributed by atoms with van der Waals surface area (Å²) in [5, 5.41) is 2.30. The van der Waals surface area contributed by atoms with E-state index in [1.807, 2.05) is 30.5 Å². The van der Waals surface area contributed by atoms with E-state index in [9.17, 15) is 0 Å². The number of para-hydroxylation sites is 3. The largest absolute Gasteiger partial charge is 0.457 e. The maximum atomic E-state index is 7.90. The lowest BCUT2D eigenvalue weighted by atomic mass is 9.56. The first-order chi connectivity index (χ1) is 31.5. The van der Waals surface area contributed by atoms with Crippen LogP contribution in [0, 0.1) is 6.85 Å². The second-order valence-electron chi connectivity index (χ2n) is 17.2. The number of aromatic nitrogens is 2. The molecule has 11 rings (SSSR count). The normalized spacial score (nSPS) is 15.7. The van der Waals surface area contributed by atoms with Gasteiger partial charge in [-0.2, -0.15) is 0 Å². The van der Waals surface area contributed by atoms with Crippen LogP contribution < -0.4 is 14.5 Å². The highest BCUT2D eigenvalue weighted by Crippen LogP contribution is 2.47. The van der Waals surface area contributed by atoms with Gasteiger partial charge in [-0.1, -0.05) is 141 Å². The Hall–Kier alpha value is -7.51. The van der Waals surface area contributed by atoms with Crippen LogP contribution in [0.4, 0.5) is 17.1 Å². The molecule has 7 heteroatoms. The second kappa shape index (κ2) is 14.9. The maximum Gasteiger partial charge on any atom is 0.314 e. The summed E-state index contributed by atoms with van der Waals surface area (Å²) in [6.07, 6.45) is 8.48. The van der Waals surface area contributed by atoms with Crippen molar-refractivity contribution in [2.24, 2.45) is 0 Å². The highest BCUT2D eigenvalue weighted by molar-refractivity contribution is 6.68. The number of aryl methyl sites for hydroxylation is 1. The maximum absolute atomic E-state index is 7.90. The average Bonchev–Trinajstić information content (AvgIpc) is 3.87. The minimum absolute atomic E-state index is 0.0185. The molecule has 3 aliphatic heterocycles. The van der Waals surface area contributed by atoms with Crippen LogP contribution in [0.15, 0.2) is 200 Å². The van der Waals surface area contributed by atoms with Gasteiger partial charge >= 0.3 is 6.85 Å². The van der Waals surface area contributed by atoms with Crippen molar-refractivity contribution in [2.45, 2.75) is 33.0 Å². The fraction of sp³-hybridized carbons (Fsp3) is 0.109. The van der Waals surface area contributed by atoms with Gasteiger partial charge in [0.15, 0.2) is 0 Å². The molecule has 5 heterocycles. The van der Waals surface area contributed by atoms with Crippen LogP contribution in [-0.4, -0.2) is 27.9 Å². The molecule has 0 fully saturated rings. The summed E-state index contributed by atoms with van der Waals surface area (Å²) in [5.41, 5.74) is 11.0. The van der Waals surface area contributed by atoms with Crippen LogP contribution in [0.3, 0.4) is 0 Å². The minimum Gasteiger partial charge on any atom is -0.457 e. The van der Waals surface area contributed by atoms with Gasteiger partial charge < -0.3 is 19.3 Å². The first-order valence-corrected chi connectivity index (χ1v) is 21.2. The molecule has 0 N–H and O–H groups in total. The number of benzene rings is 6. The molecule has 0 unspecified atom stereocenters. The van der Waals surface area contributed by atoms with Gasteiger partial charge in [0.2, 0.25) is 0 Å². The Morgan fingerprint density at radius 3 is 2.21 bits per heavy atom. The molecule has 0 saturated carbocycles. The molecule has 300 valence electrons. The molecule has 6 aromatic carbocycles. The number of allylic oxidation sites excluding steroid dienone is 4. The van der Waals surface area contributed by atoms with E-state index in [-0.39, 0.29) is 12.3 Å². The van der Waals surface area contributed by atoms with Crippen LogP contribution >= 0.6 is 0 Å². The molecule has 8 aromatic rings. The lowest BCUT2D eigenvalue weighted by Crippen LogP contribution is -2.44. The van der Waals surface area contributed by atoms with Gasteiger partial charge in [0, 0.05) is 50.7 Å². The number of ether oxygens (including phenoxy) is 1. The van der Waals surface area contributed by atoms with Crippen molar-refractivity contribution in [3.8, 4) is 17.3 Å². The lowest BCUT2D eigenvalue weighted by Gasteiger charge is -2.40. The predicted octanol–water partition coefficient (Wildman–Crippen LogP) is 13.4. The lowest BCUT2D eigenvalue weighted by molar-refractivity contribution is 0.483. The molecule has 62 heavy (non-hydrogen) atoms. The zero-order valence-electron chi connectivity index (χ0n) is 37.9. The van der Waals surface area contributed by atoms with E-state index in [2.05, 4.69) is 192 Å². The number of nitrogens with zero attached hydrogens (tertiary/aromatic N) is 5. The fourth-order valence-corrected chi connectivity index (χ4v) is 9.04. The van der Waals surface area contributed by atoms with Gasteiger partial charge in [0.25, 0.3) is 0 Å². The third-order valence-electron chi connectivity index (χ3n) is 12.2. The smallest absolute Gasteiger partial charge is 0.314 e. The van der Waals surface area contributed by atoms with E-state index in [1.54, 1.807) is 12.1 Å². The topological polar surface area (TPSA) is 36.8 Å². The highest BCUT2D eigenvalue weighted by atomic mass is 16.5. The van der Waals surface area contributed by atoms with E-state index in [4.69, 9.17) is 13.8 Å². The molecule has 0 atom stereocenters. The van der Waals surface area contributed by atoms with E-state index >= 15 is 0 Å². The van der Waals surface area contributed by atoms with Crippen molar-refractivity contribution in [1.29, 1.82) is 0 Å². The number of rotatable bonds is 7. The molecular formula is C55H46BN5O. The van der Waals surface area contributed by atoms with Gasteiger partial charge in [-0.25, -0.2) is 4.98 Å². The Bertz CT molecular complexity index is 3270. The molecule has 0 bridgehead atoms. The first kappa shape index (κ1) is 34.2. The molecule has 3 aliphatic rings. The number of hydrogen-bond acceptors (Lipinski definition) is 5. The predicted molar refractivity (Wildman–Crippen MR) is 258 cm³/mol. The Morgan fingerprint density at radius 2 is 1.39 bits per heavy atom. The molecule has 2 aromatic heterocycles. The standard InChI is InChI=1S/C55H46BN5O/c1-38-21-23-39(24-22-38)41-27-30-56-31-28-46(40-13-6-5-7-14-40)54(60(56)36-41)59-37-58(50-19-10-11-20-51(50)59)43-15-12-16-44(34-43)62-45-25-26-48-47-17-8-9-18-49(47)61(52(48)35-45)53-33-42(29-32-57-53)55(2,3)4/h5-36H,37H2,1-4H3/i1D3. The summed E-state index contributed by atoms with van der Waals surface area (Å²) < 4.78 is 32.7. The fourth-order valence-electron chi connectivity index (χ4n) is 9.04. The van der Waals surface area contributed by atoms with Gasteiger partial charge in [-0.15, -0.1) is 0 Å². The third kappa shape index (κ3) is 6.58. The van der Waals surface area contributed by atoms with Crippen molar-refractivity contribution in [3.63, 3.8) is 0 Å². The number of fused-ring (bicyclic) bond motifs is 5. The summed E-state index contributed by atoms with van der Waals surface area (Å²) >= 11 is 0. The van der Waals surface area contributed by atoms with Crippen LogP contribution in [0.5, 0.6) is 11.5 Å². The molecule has 0 saturated heterocycles. The van der Waals surface area contributed by atoms with E-state index in [1.165, 1.54) is 10.9 Å². The van der Waals surface area contributed by atoms with E-state index in [0.717, 1.165) is 78.9 Å². The van der Waals surface area contributed by atoms with E-state index in [0.29, 0.717) is 12.2 Å². The summed E-state index contributed by atoms with van der Waals surface area (Å²) in [4.78, 5) is 12.0. The zero-order chi connectivity index (χ0) is 44.5. The number of hydrogen-bond donors (Lipinski definition) is 0. The third-order valence-corrected chi connectivity index (χ3v) is 12.2. The monoisotopic (exact) mass is 806 g/mol. The van der Waals surface area contributed by atoms with Crippen molar-refractivity contribution < 1.29 is 8.85 Å². The Balaban J connectivity index is 0.955. The Morgan fingerprint density at radius 1 is 0.645 bits per heavy atom. The average molecular weight is 807 g/mol. The van der Waals surface area contributed by atoms with Crippen LogP contribution in [-0.2, 0) is 5.41 Å². The van der Waals surface area contributed by atoms with E-state index < -0.39 is 6.85 Å². The number of pyridine rings is 1. The molecule has 6 nitrogen and oxygen atoms in total. The van der Waals surface area contributed by atoms with Gasteiger partial charge in [-0.05, 0) is 89.1 Å². The minimum atomic E-state index is -2.16. The SMILES string of the molecule is [2H]C([2H])([2H])c1ccc(C2=CN3B(C=C2)C=CC(c2ccccc2)=C3N2CN(c3cccc(Oc4ccc5c6ccccc6n(-c6cc(C(C)(C)C)ccn6)c5c4)c3)c3ccccc32)cc1. The van der Waals surface area contributed by atoms with Gasteiger partial charge in [-0.3, -0.25) is 4.57 Å². The molecule has 0 amide bonds. The van der Waals surface area contributed by atoms with Gasteiger partial charge in [0.05, 0.1) is 22.4 Å². The van der Waals surface area contributed by atoms with Crippen molar-refractivity contribution in [3.05, 3.63) is 222 Å². The van der Waals surface area contributed by atoms with Crippen molar-refractivity contribution >= 4 is 56.9 Å². The Kier molecular flexibility index (Phi) is 8.22. The summed E-state index contributed by atoms with van der Waals surface area (Å²) in [7, 11) is 0. The van der Waals surface area contributed by atoms with Crippen LogP contribution in [0.2, 0.25) is 0 Å².